The number of fused-ring (bicyclic) bond motifs is 1. The molecule has 1 N–H and O–H groups in total. The summed E-state index contributed by atoms with van der Waals surface area (Å²) in [5, 5.41) is 2.59. The number of carbonyl (C=O) groups excluding carboxylic acids is 2. The number of nitrogens with one attached hydrogen (secondary N) is 1. The van der Waals surface area contributed by atoms with E-state index in [0.717, 1.165) is 53.4 Å². The molecule has 0 bridgehead atoms. The average Bonchev–Trinajstić information content (AvgIpc) is 3.01. The first-order valence-electron chi connectivity index (χ1n) is 14.9. The van der Waals surface area contributed by atoms with Gasteiger partial charge in [0.25, 0.3) is 11.5 Å². The van der Waals surface area contributed by atoms with Gasteiger partial charge in [-0.1, -0.05) is 17.9 Å². The minimum absolute atomic E-state index is 0.0257. The Kier molecular flexibility index (Phi) is 9.70. The van der Waals surface area contributed by atoms with Crippen LogP contribution in [0.5, 0.6) is 0 Å². The molecule has 2 aromatic heterocycles. The number of carbonyl (C=O) groups is 2. The van der Waals surface area contributed by atoms with E-state index in [1.54, 1.807) is 11.1 Å². The lowest BCUT2D eigenvalue weighted by molar-refractivity contribution is 0.0184. The van der Waals surface area contributed by atoms with Crippen molar-refractivity contribution in [2.75, 3.05) is 19.6 Å². The molecule has 1 saturated heterocycles. The number of likely N-dealkylation sites (tertiary alicyclic amines) is 1. The molecular weight excluding hydrogens is 594 g/mol. The highest BCUT2D eigenvalue weighted by Gasteiger charge is 2.27. The predicted molar refractivity (Wildman–Crippen MR) is 167 cm³/mol. The number of nitrogens with zero attached hydrogens (tertiary/aromatic N) is 5. The van der Waals surface area contributed by atoms with Gasteiger partial charge < -0.3 is 15.0 Å². The van der Waals surface area contributed by atoms with Gasteiger partial charge >= 0.3 is 6.09 Å². The van der Waals surface area contributed by atoms with Crippen molar-refractivity contribution >= 4 is 23.0 Å². The number of halogens is 2. The van der Waals surface area contributed by atoms with Crippen molar-refractivity contribution in [2.45, 2.75) is 52.2 Å². The minimum Gasteiger partial charge on any atom is -0.444 e. The number of aromatic nitrogens is 4. The van der Waals surface area contributed by atoms with Crippen LogP contribution in [0.2, 0.25) is 0 Å². The monoisotopic (exact) mass is 628 g/mol. The molecule has 1 aliphatic rings. The fourth-order valence-electron chi connectivity index (χ4n) is 5.09. The molecule has 0 unspecified atom stereocenters. The molecular formula is C34H34F2N6O4. The van der Waals surface area contributed by atoms with E-state index in [0.29, 0.717) is 35.7 Å². The standard InChI is InChI=1S/C34H34F2N6O4/c1-34(2,3)46-33(45)41-13-10-23(11-14-41)15-25-18-39-29-9-7-22(17-30(29)40-25)5-4-12-38-31(43)26-19-37-21-42(32(26)44)20-24-6-8-27(35)28(36)16-24/h6-9,16-19,21,23H,10-15,20H2,1-3H3,(H,38,43). The Bertz CT molecular complexity index is 1880. The number of benzene rings is 2. The van der Waals surface area contributed by atoms with Crippen LogP contribution < -0.4 is 10.9 Å². The second-order valence-electron chi connectivity index (χ2n) is 12.2. The van der Waals surface area contributed by atoms with Gasteiger partial charge in [-0.05, 0) is 81.8 Å². The van der Waals surface area contributed by atoms with Gasteiger partial charge in [-0.25, -0.2) is 23.5 Å². The summed E-state index contributed by atoms with van der Waals surface area (Å²) < 4.78 is 33.4. The number of ether oxygens (including phenoxy) is 1. The van der Waals surface area contributed by atoms with Crippen LogP contribution in [0.1, 0.15) is 60.8 Å². The summed E-state index contributed by atoms with van der Waals surface area (Å²) in [7, 11) is 0. The summed E-state index contributed by atoms with van der Waals surface area (Å²) in [5.41, 5.74) is 2.00. The topological polar surface area (TPSA) is 119 Å². The molecule has 46 heavy (non-hydrogen) atoms. The largest absolute Gasteiger partial charge is 0.444 e. The number of amides is 2. The maximum Gasteiger partial charge on any atom is 0.410 e. The summed E-state index contributed by atoms with van der Waals surface area (Å²) in [6, 6.07) is 8.80. The first kappa shape index (κ1) is 32.2. The Labute approximate surface area is 264 Å². The fourth-order valence-corrected chi connectivity index (χ4v) is 5.09. The summed E-state index contributed by atoms with van der Waals surface area (Å²) in [4.78, 5) is 52.9. The van der Waals surface area contributed by atoms with Crippen molar-refractivity contribution in [1.82, 2.24) is 29.7 Å². The first-order valence-corrected chi connectivity index (χ1v) is 14.9. The Balaban J connectivity index is 1.16. The van der Waals surface area contributed by atoms with E-state index < -0.39 is 28.7 Å². The van der Waals surface area contributed by atoms with Crippen LogP contribution in [0.25, 0.3) is 11.0 Å². The number of hydrogen-bond donors (Lipinski definition) is 1. The highest BCUT2D eigenvalue weighted by Crippen LogP contribution is 2.23. The fraction of sp³-hybridized carbons (Fsp3) is 0.353. The molecule has 0 atom stereocenters. The SMILES string of the molecule is CC(C)(C)OC(=O)N1CCC(Cc2cnc3ccc(C#CCNC(=O)c4cncn(Cc5ccc(F)c(F)c5)c4=O)cc3n2)CC1. The molecule has 0 aliphatic carbocycles. The van der Waals surface area contributed by atoms with Crippen molar-refractivity contribution in [3.8, 4) is 11.8 Å². The molecule has 0 saturated carbocycles. The van der Waals surface area contributed by atoms with Gasteiger partial charge in [0, 0.05) is 31.0 Å². The lowest BCUT2D eigenvalue weighted by Gasteiger charge is -2.33. The van der Waals surface area contributed by atoms with Crippen molar-refractivity contribution < 1.29 is 23.1 Å². The Morgan fingerprint density at radius 3 is 2.57 bits per heavy atom. The van der Waals surface area contributed by atoms with Crippen molar-refractivity contribution in [3.63, 3.8) is 0 Å². The molecule has 4 aromatic rings. The van der Waals surface area contributed by atoms with Crippen LogP contribution >= 0.6 is 0 Å². The van der Waals surface area contributed by atoms with Crippen LogP contribution in [-0.2, 0) is 17.7 Å². The van der Waals surface area contributed by atoms with Crippen molar-refractivity contribution in [1.29, 1.82) is 0 Å². The highest BCUT2D eigenvalue weighted by atomic mass is 19.2. The van der Waals surface area contributed by atoms with Crippen LogP contribution in [0.4, 0.5) is 13.6 Å². The molecule has 3 heterocycles. The van der Waals surface area contributed by atoms with Gasteiger partial charge in [0.2, 0.25) is 0 Å². The third-order valence-electron chi connectivity index (χ3n) is 7.41. The van der Waals surface area contributed by atoms with Gasteiger partial charge in [0.1, 0.15) is 11.2 Å². The van der Waals surface area contributed by atoms with Gasteiger partial charge in [0.05, 0.1) is 36.1 Å². The molecule has 238 valence electrons. The van der Waals surface area contributed by atoms with Gasteiger partial charge in [0.15, 0.2) is 11.6 Å². The number of piperidine rings is 1. The van der Waals surface area contributed by atoms with E-state index in [1.807, 2.05) is 39.0 Å². The Morgan fingerprint density at radius 1 is 1.04 bits per heavy atom. The zero-order chi connectivity index (χ0) is 32.8. The molecule has 2 aromatic carbocycles. The second kappa shape index (κ2) is 13.9. The summed E-state index contributed by atoms with van der Waals surface area (Å²) >= 11 is 0. The Morgan fingerprint density at radius 2 is 1.83 bits per heavy atom. The van der Waals surface area contributed by atoms with Crippen LogP contribution in [0.3, 0.4) is 0 Å². The lowest BCUT2D eigenvalue weighted by atomic mass is 9.92. The lowest BCUT2D eigenvalue weighted by Crippen LogP contribution is -2.42. The Hall–Kier alpha value is -5.18. The molecule has 5 rings (SSSR count). The summed E-state index contributed by atoms with van der Waals surface area (Å²) in [6.45, 7) is 6.76. The molecule has 12 heteroatoms. The van der Waals surface area contributed by atoms with Gasteiger partial charge in [-0.15, -0.1) is 0 Å². The summed E-state index contributed by atoms with van der Waals surface area (Å²) in [5.74, 6) is 3.59. The molecule has 0 spiro atoms. The van der Waals surface area contributed by atoms with Crippen molar-refractivity contribution in [2.24, 2.45) is 5.92 Å². The normalized spacial score (nSPS) is 13.6. The second-order valence-corrected chi connectivity index (χ2v) is 12.2. The zero-order valence-corrected chi connectivity index (χ0v) is 25.8. The maximum absolute atomic E-state index is 13.6. The third-order valence-corrected chi connectivity index (χ3v) is 7.41. The van der Waals surface area contributed by atoms with E-state index in [1.165, 1.54) is 12.4 Å². The zero-order valence-electron chi connectivity index (χ0n) is 25.8. The van der Waals surface area contributed by atoms with E-state index >= 15 is 0 Å². The van der Waals surface area contributed by atoms with Gasteiger partial charge in [-0.3, -0.25) is 19.1 Å². The third kappa shape index (κ3) is 8.29. The van der Waals surface area contributed by atoms with Gasteiger partial charge in [-0.2, -0.15) is 0 Å². The molecule has 0 radical (unpaired) electrons. The predicted octanol–water partition coefficient (Wildman–Crippen LogP) is 4.48. The summed E-state index contributed by atoms with van der Waals surface area (Å²) in [6.07, 6.45) is 6.36. The van der Waals surface area contributed by atoms with E-state index in [4.69, 9.17) is 9.72 Å². The van der Waals surface area contributed by atoms with Crippen LogP contribution in [-0.4, -0.2) is 61.7 Å². The van der Waals surface area contributed by atoms with E-state index in [2.05, 4.69) is 27.1 Å². The van der Waals surface area contributed by atoms with Crippen LogP contribution in [0.15, 0.2) is 59.9 Å². The maximum atomic E-state index is 13.6. The number of hydrogen-bond acceptors (Lipinski definition) is 7. The molecule has 1 fully saturated rings. The van der Waals surface area contributed by atoms with E-state index in [-0.39, 0.29) is 24.7 Å². The van der Waals surface area contributed by atoms with Crippen molar-refractivity contribution in [3.05, 3.63) is 99.5 Å². The molecule has 2 amide bonds. The molecule has 10 nitrogen and oxygen atoms in total. The smallest absolute Gasteiger partial charge is 0.410 e. The highest BCUT2D eigenvalue weighted by molar-refractivity contribution is 5.93. The van der Waals surface area contributed by atoms with E-state index in [9.17, 15) is 23.2 Å². The van der Waals surface area contributed by atoms with Crippen LogP contribution in [0, 0.1) is 29.4 Å². The molecule has 1 aliphatic heterocycles. The quantitative estimate of drug-likeness (QED) is 0.313. The average molecular weight is 629 g/mol. The first-order chi connectivity index (χ1) is 21.9. The minimum atomic E-state index is -1.03. The number of rotatable bonds is 6.